The van der Waals surface area contributed by atoms with E-state index in [1.807, 2.05) is 0 Å². The predicted octanol–water partition coefficient (Wildman–Crippen LogP) is 2.40. The van der Waals surface area contributed by atoms with Crippen LogP contribution in [-0.4, -0.2) is 16.7 Å². The average Bonchev–Trinajstić information content (AvgIpc) is 2.67. The van der Waals surface area contributed by atoms with Crippen molar-refractivity contribution in [1.29, 1.82) is 0 Å². The zero-order valence-corrected chi connectivity index (χ0v) is 11.1. The smallest absolute Gasteiger partial charge is 0.296 e. The van der Waals surface area contributed by atoms with Crippen LogP contribution in [0.25, 0.3) is 0 Å². The first-order valence-corrected chi connectivity index (χ1v) is 6.25. The van der Waals surface area contributed by atoms with Gasteiger partial charge in [0.25, 0.3) is 11.7 Å². The van der Waals surface area contributed by atoms with E-state index in [0.29, 0.717) is 11.8 Å². The fourth-order valence-electron chi connectivity index (χ4n) is 2.34. The monoisotopic (exact) mass is 288 g/mol. The fraction of sp³-hybridized carbons (Fsp3) is 0.133. The Bertz CT molecular complexity index is 774. The molecule has 0 atom stereocenters. The summed E-state index contributed by atoms with van der Waals surface area (Å²) in [6.07, 6.45) is 1.55. The normalized spacial score (nSPS) is 13.8. The van der Waals surface area contributed by atoms with E-state index in [4.69, 9.17) is 0 Å². The maximum atomic E-state index is 13.9. The van der Waals surface area contributed by atoms with Crippen LogP contribution in [0.2, 0.25) is 0 Å². The molecule has 2 heterocycles. The maximum Gasteiger partial charge on any atom is 0.299 e. The second kappa shape index (κ2) is 4.73. The number of nitrogens with zero attached hydrogens (tertiary/aromatic N) is 2. The van der Waals surface area contributed by atoms with E-state index < -0.39 is 23.3 Å². The summed E-state index contributed by atoms with van der Waals surface area (Å²) in [6, 6.07) is 5.07. The number of carbonyl (C=O) groups is 2. The Morgan fingerprint density at radius 3 is 2.71 bits per heavy atom. The Labute approximate surface area is 119 Å². The summed E-state index contributed by atoms with van der Waals surface area (Å²) in [5.74, 6) is -3.60. The molecule has 0 aliphatic carbocycles. The largest absolute Gasteiger partial charge is 0.299 e. The second-order valence-corrected chi connectivity index (χ2v) is 4.77. The van der Waals surface area contributed by atoms with Gasteiger partial charge < -0.3 is 0 Å². The third-order valence-corrected chi connectivity index (χ3v) is 3.41. The summed E-state index contributed by atoms with van der Waals surface area (Å²) in [7, 11) is 0. The van der Waals surface area contributed by atoms with Gasteiger partial charge in [-0.3, -0.25) is 19.5 Å². The number of benzene rings is 1. The van der Waals surface area contributed by atoms with Gasteiger partial charge in [0, 0.05) is 12.3 Å². The highest BCUT2D eigenvalue weighted by atomic mass is 19.1. The van der Waals surface area contributed by atoms with Crippen molar-refractivity contribution in [2.75, 3.05) is 4.90 Å². The number of aryl methyl sites for hydroxylation is 1. The molecule has 0 saturated carbocycles. The minimum absolute atomic E-state index is 0.0349. The number of aromatic nitrogens is 1. The lowest BCUT2D eigenvalue weighted by molar-refractivity contribution is -0.114. The van der Waals surface area contributed by atoms with Gasteiger partial charge >= 0.3 is 0 Å². The van der Waals surface area contributed by atoms with Gasteiger partial charge in [0.15, 0.2) is 5.82 Å². The number of pyridine rings is 1. The van der Waals surface area contributed by atoms with E-state index >= 15 is 0 Å². The van der Waals surface area contributed by atoms with Gasteiger partial charge in [-0.15, -0.1) is 0 Å². The van der Waals surface area contributed by atoms with Gasteiger partial charge in [0.1, 0.15) is 5.82 Å². The molecule has 21 heavy (non-hydrogen) atoms. The van der Waals surface area contributed by atoms with Gasteiger partial charge in [-0.05, 0) is 24.6 Å². The van der Waals surface area contributed by atoms with E-state index in [1.54, 1.807) is 25.3 Å². The molecular formula is C15H10F2N2O2. The summed E-state index contributed by atoms with van der Waals surface area (Å²) in [5, 5.41) is 0. The van der Waals surface area contributed by atoms with Crippen molar-refractivity contribution in [3.8, 4) is 0 Å². The van der Waals surface area contributed by atoms with E-state index in [-0.39, 0.29) is 17.8 Å². The van der Waals surface area contributed by atoms with Crippen LogP contribution in [0.15, 0.2) is 30.5 Å². The van der Waals surface area contributed by atoms with Crippen LogP contribution in [0, 0.1) is 18.6 Å². The quantitative estimate of drug-likeness (QED) is 0.797. The minimum Gasteiger partial charge on any atom is -0.296 e. The number of Topliss-reactive ketones (excluding diaryl/α,β-unsaturated/α-hetero) is 1. The molecule has 0 N–H and O–H groups in total. The van der Waals surface area contributed by atoms with E-state index in [1.165, 1.54) is 0 Å². The standard InChI is InChI=1S/C15H10F2N2O2/c1-8-3-2-4-18-12(8)7-19-13-10(14(20)15(19)21)5-9(16)6-11(13)17/h2-6H,7H2,1H3. The molecule has 0 saturated heterocycles. The number of hydrogen-bond donors (Lipinski definition) is 0. The Kier molecular flexibility index (Phi) is 3.01. The number of hydrogen-bond acceptors (Lipinski definition) is 3. The highest BCUT2D eigenvalue weighted by Gasteiger charge is 2.39. The Morgan fingerprint density at radius 1 is 1.24 bits per heavy atom. The SMILES string of the molecule is Cc1cccnc1CN1C(=O)C(=O)c2cc(F)cc(F)c21. The second-order valence-electron chi connectivity index (χ2n) is 4.77. The van der Waals surface area contributed by atoms with Crippen LogP contribution >= 0.6 is 0 Å². The third-order valence-electron chi connectivity index (χ3n) is 3.41. The average molecular weight is 288 g/mol. The van der Waals surface area contributed by atoms with Crippen molar-refractivity contribution in [2.24, 2.45) is 0 Å². The Morgan fingerprint density at radius 2 is 2.00 bits per heavy atom. The van der Waals surface area contributed by atoms with Crippen molar-refractivity contribution >= 4 is 17.4 Å². The molecular weight excluding hydrogens is 278 g/mol. The first-order chi connectivity index (χ1) is 9.99. The zero-order valence-electron chi connectivity index (χ0n) is 11.1. The van der Waals surface area contributed by atoms with Crippen LogP contribution in [0.3, 0.4) is 0 Å². The lowest BCUT2D eigenvalue weighted by Gasteiger charge is -2.17. The van der Waals surface area contributed by atoms with Crippen LogP contribution < -0.4 is 4.90 Å². The van der Waals surface area contributed by atoms with Crippen molar-refractivity contribution in [2.45, 2.75) is 13.5 Å². The summed E-state index contributed by atoms with van der Waals surface area (Å²) < 4.78 is 27.2. The van der Waals surface area contributed by atoms with Gasteiger partial charge in [-0.25, -0.2) is 8.78 Å². The van der Waals surface area contributed by atoms with E-state index in [0.717, 1.165) is 16.5 Å². The zero-order chi connectivity index (χ0) is 15.1. The maximum absolute atomic E-state index is 13.9. The molecule has 0 fully saturated rings. The summed E-state index contributed by atoms with van der Waals surface area (Å²) in [6.45, 7) is 1.76. The topological polar surface area (TPSA) is 50.3 Å². The number of carbonyl (C=O) groups excluding carboxylic acids is 2. The third kappa shape index (κ3) is 2.08. The highest BCUT2D eigenvalue weighted by Crippen LogP contribution is 2.33. The van der Waals surface area contributed by atoms with Crippen molar-refractivity contribution in [1.82, 2.24) is 4.98 Å². The van der Waals surface area contributed by atoms with Crippen LogP contribution in [-0.2, 0) is 11.3 Å². The van der Waals surface area contributed by atoms with Crippen LogP contribution in [0.4, 0.5) is 14.5 Å². The number of halogens is 2. The lowest BCUT2D eigenvalue weighted by Crippen LogP contribution is -2.30. The highest BCUT2D eigenvalue weighted by molar-refractivity contribution is 6.52. The molecule has 4 nitrogen and oxygen atoms in total. The Balaban J connectivity index is 2.08. The number of anilines is 1. The first kappa shape index (κ1) is 13.4. The summed E-state index contributed by atoms with van der Waals surface area (Å²) >= 11 is 0. The molecule has 106 valence electrons. The van der Waals surface area contributed by atoms with Gasteiger partial charge in [0.05, 0.1) is 23.5 Å². The molecule has 0 unspecified atom stereocenters. The summed E-state index contributed by atoms with van der Waals surface area (Å²) in [4.78, 5) is 29.0. The van der Waals surface area contributed by atoms with Gasteiger partial charge in [-0.1, -0.05) is 6.07 Å². The number of amides is 1. The van der Waals surface area contributed by atoms with Crippen molar-refractivity contribution in [3.05, 3.63) is 58.9 Å². The van der Waals surface area contributed by atoms with Crippen molar-refractivity contribution < 1.29 is 18.4 Å². The summed E-state index contributed by atoms with van der Waals surface area (Å²) in [5.41, 5.74) is 0.937. The molecule has 1 aromatic carbocycles. The number of ketones is 1. The molecule has 3 rings (SSSR count). The van der Waals surface area contributed by atoms with E-state index in [9.17, 15) is 18.4 Å². The molecule has 0 spiro atoms. The lowest BCUT2D eigenvalue weighted by atomic mass is 10.1. The molecule has 1 amide bonds. The number of rotatable bonds is 2. The predicted molar refractivity (Wildman–Crippen MR) is 70.9 cm³/mol. The van der Waals surface area contributed by atoms with Crippen LogP contribution in [0.5, 0.6) is 0 Å². The van der Waals surface area contributed by atoms with Crippen LogP contribution in [0.1, 0.15) is 21.6 Å². The molecule has 1 aliphatic rings. The first-order valence-electron chi connectivity index (χ1n) is 6.25. The van der Waals surface area contributed by atoms with Crippen molar-refractivity contribution in [3.63, 3.8) is 0 Å². The molecule has 0 bridgehead atoms. The molecule has 1 aromatic heterocycles. The molecule has 0 radical (unpaired) electrons. The van der Waals surface area contributed by atoms with E-state index in [2.05, 4.69) is 4.98 Å². The van der Waals surface area contributed by atoms with Gasteiger partial charge in [0.2, 0.25) is 0 Å². The number of fused-ring (bicyclic) bond motifs is 1. The molecule has 2 aromatic rings. The minimum atomic E-state index is -0.933. The van der Waals surface area contributed by atoms with Gasteiger partial charge in [-0.2, -0.15) is 0 Å². The fourth-order valence-corrected chi connectivity index (χ4v) is 2.34. The molecule has 6 heteroatoms. The molecule has 1 aliphatic heterocycles. The Hall–Kier alpha value is -2.63.